The molecule has 3 saturated carbocycles. The molecule has 0 aliphatic heterocycles. The maximum atomic E-state index is 13.5. The normalized spacial score (nSPS) is 42.1. The minimum absolute atomic E-state index is 0.0796. The second kappa shape index (κ2) is 3.66. The van der Waals surface area contributed by atoms with Gasteiger partial charge in [0.1, 0.15) is 5.75 Å². The molecule has 4 atom stereocenters. The minimum Gasteiger partial charge on any atom is -0.285 e. The van der Waals surface area contributed by atoms with Crippen LogP contribution in [-0.2, 0) is 10.1 Å². The maximum Gasteiger partial charge on any atom is 0.270 e. The highest BCUT2D eigenvalue weighted by molar-refractivity contribution is 7.85. The van der Waals surface area contributed by atoms with Gasteiger partial charge in [-0.2, -0.15) is 8.42 Å². The summed E-state index contributed by atoms with van der Waals surface area (Å²) in [6.45, 7) is 0. The largest absolute Gasteiger partial charge is 0.285 e. The van der Waals surface area contributed by atoms with E-state index in [4.69, 9.17) is 4.55 Å². The van der Waals surface area contributed by atoms with E-state index in [2.05, 4.69) is 0 Å². The monoisotopic (exact) mass is 280 g/mol. The molecule has 0 amide bonds. The molecule has 0 aromatic heterocycles. The number of halogens is 2. The van der Waals surface area contributed by atoms with Crippen molar-refractivity contribution in [1.82, 2.24) is 0 Å². The molecule has 104 valence electrons. The molecule has 0 aromatic rings. The van der Waals surface area contributed by atoms with Crippen LogP contribution in [0.3, 0.4) is 0 Å². The molecule has 0 heterocycles. The van der Waals surface area contributed by atoms with Crippen LogP contribution in [0.4, 0.5) is 8.78 Å². The lowest BCUT2D eigenvalue weighted by molar-refractivity contribution is -0.133. The van der Waals surface area contributed by atoms with Crippen LogP contribution in [-0.4, -0.2) is 24.6 Å². The van der Waals surface area contributed by atoms with Gasteiger partial charge in [0.2, 0.25) is 0 Å². The molecule has 18 heavy (non-hydrogen) atoms. The Labute approximate surface area is 106 Å². The Kier molecular flexibility index (Phi) is 2.60. The van der Waals surface area contributed by atoms with Gasteiger partial charge in [-0.25, -0.2) is 8.78 Å². The van der Waals surface area contributed by atoms with Gasteiger partial charge in [-0.05, 0) is 55.3 Å². The molecule has 0 radical (unpaired) electrons. The number of rotatable bonds is 5. The molecule has 3 aliphatic rings. The number of hydrogen-bond acceptors (Lipinski definition) is 2. The maximum absolute atomic E-state index is 13.5. The van der Waals surface area contributed by atoms with Gasteiger partial charge in [-0.1, -0.05) is 0 Å². The summed E-state index contributed by atoms with van der Waals surface area (Å²) in [5.41, 5.74) is 0.0796. The van der Waals surface area contributed by atoms with Gasteiger partial charge < -0.3 is 0 Å². The van der Waals surface area contributed by atoms with Crippen molar-refractivity contribution in [3.63, 3.8) is 0 Å². The van der Waals surface area contributed by atoms with Gasteiger partial charge in [-0.3, -0.25) is 4.55 Å². The van der Waals surface area contributed by atoms with Crippen LogP contribution in [0.25, 0.3) is 0 Å². The molecule has 3 fully saturated rings. The Morgan fingerprint density at radius 2 is 2.06 bits per heavy atom. The fraction of sp³-hybridized carbons (Fsp3) is 1.00. The topological polar surface area (TPSA) is 54.4 Å². The molecule has 0 aromatic carbocycles. The first-order valence-electron chi connectivity index (χ1n) is 6.54. The Morgan fingerprint density at radius 3 is 2.67 bits per heavy atom. The van der Waals surface area contributed by atoms with Crippen LogP contribution in [0.1, 0.15) is 38.5 Å². The first-order chi connectivity index (χ1) is 8.21. The summed E-state index contributed by atoms with van der Waals surface area (Å²) >= 11 is 0. The van der Waals surface area contributed by atoms with Crippen molar-refractivity contribution in [2.24, 2.45) is 23.2 Å². The third kappa shape index (κ3) is 1.97. The standard InChI is InChI=1S/C12H18F2O3S/c13-12(14,7-18(15,16)17)4-3-11-2-1-8-5-9(6-11)10(8)11/h8-10H,1-7H2,(H,15,16,17). The number of alkyl halides is 2. The Morgan fingerprint density at radius 1 is 1.33 bits per heavy atom. The van der Waals surface area contributed by atoms with Crippen molar-refractivity contribution >= 4 is 10.1 Å². The van der Waals surface area contributed by atoms with E-state index in [-0.39, 0.29) is 5.41 Å². The van der Waals surface area contributed by atoms with Crippen molar-refractivity contribution in [1.29, 1.82) is 0 Å². The van der Waals surface area contributed by atoms with Gasteiger partial charge in [0.15, 0.2) is 0 Å². The van der Waals surface area contributed by atoms with E-state index >= 15 is 0 Å². The number of hydrogen-bond donors (Lipinski definition) is 1. The minimum atomic E-state index is -4.59. The van der Waals surface area contributed by atoms with E-state index in [1.54, 1.807) is 0 Å². The highest BCUT2D eigenvalue weighted by Crippen LogP contribution is 2.74. The smallest absolute Gasteiger partial charge is 0.270 e. The first-order valence-corrected chi connectivity index (χ1v) is 8.15. The second-order valence-electron chi connectivity index (χ2n) is 6.47. The van der Waals surface area contributed by atoms with Crippen molar-refractivity contribution in [2.75, 3.05) is 5.75 Å². The van der Waals surface area contributed by atoms with E-state index in [9.17, 15) is 17.2 Å². The third-order valence-electron chi connectivity index (χ3n) is 5.39. The molecule has 4 unspecified atom stereocenters. The highest BCUT2D eigenvalue weighted by Gasteiger charge is 2.66. The van der Waals surface area contributed by atoms with Crippen LogP contribution >= 0.6 is 0 Å². The SMILES string of the molecule is O=S(=O)(O)CC(F)(F)CCC12CCC3CC(C1)C32. The zero-order valence-electron chi connectivity index (χ0n) is 10.1. The lowest BCUT2D eigenvalue weighted by atomic mass is 9.44. The predicted molar refractivity (Wildman–Crippen MR) is 62.0 cm³/mol. The molecular weight excluding hydrogens is 262 g/mol. The average molecular weight is 280 g/mol. The molecule has 0 saturated heterocycles. The van der Waals surface area contributed by atoms with Crippen LogP contribution in [0.2, 0.25) is 0 Å². The molecule has 3 rings (SSSR count). The lowest BCUT2D eigenvalue weighted by Gasteiger charge is -2.61. The Balaban J connectivity index is 1.59. The van der Waals surface area contributed by atoms with Crippen LogP contribution < -0.4 is 0 Å². The van der Waals surface area contributed by atoms with Crippen molar-refractivity contribution < 1.29 is 21.8 Å². The first kappa shape index (κ1) is 12.8. The predicted octanol–water partition coefficient (Wildman–Crippen LogP) is 2.73. The summed E-state index contributed by atoms with van der Waals surface area (Å²) in [4.78, 5) is 0. The van der Waals surface area contributed by atoms with E-state index < -0.39 is 28.2 Å². The average Bonchev–Trinajstić information content (AvgIpc) is 2.33. The third-order valence-corrected chi connectivity index (χ3v) is 6.18. The van der Waals surface area contributed by atoms with E-state index in [0.717, 1.165) is 31.1 Å². The summed E-state index contributed by atoms with van der Waals surface area (Å²) in [7, 11) is -4.59. The van der Waals surface area contributed by atoms with E-state index in [1.165, 1.54) is 6.42 Å². The fourth-order valence-electron chi connectivity index (χ4n) is 4.78. The summed E-state index contributed by atoms with van der Waals surface area (Å²) < 4.78 is 56.5. The van der Waals surface area contributed by atoms with Crippen LogP contribution in [0, 0.1) is 23.2 Å². The van der Waals surface area contributed by atoms with Crippen molar-refractivity contribution in [3.05, 3.63) is 0 Å². The molecular formula is C12H18F2O3S. The van der Waals surface area contributed by atoms with E-state index in [0.29, 0.717) is 12.3 Å². The van der Waals surface area contributed by atoms with Crippen LogP contribution in [0.15, 0.2) is 0 Å². The summed E-state index contributed by atoms with van der Waals surface area (Å²) in [6.07, 6.45) is 4.51. The van der Waals surface area contributed by atoms with Gasteiger partial charge in [0, 0.05) is 6.42 Å². The van der Waals surface area contributed by atoms with E-state index in [1.807, 2.05) is 0 Å². The summed E-state index contributed by atoms with van der Waals surface area (Å²) in [5, 5.41) is 0. The molecule has 3 aliphatic carbocycles. The van der Waals surface area contributed by atoms with Crippen molar-refractivity contribution in [3.8, 4) is 0 Å². The Bertz CT molecular complexity index is 458. The lowest BCUT2D eigenvalue weighted by Crippen LogP contribution is -2.54. The van der Waals surface area contributed by atoms with Crippen LogP contribution in [0.5, 0.6) is 0 Å². The van der Waals surface area contributed by atoms with Gasteiger partial charge in [0.25, 0.3) is 16.0 Å². The summed E-state index contributed by atoms with van der Waals surface area (Å²) in [5.74, 6) is -2.59. The van der Waals surface area contributed by atoms with Gasteiger partial charge in [0.05, 0.1) is 0 Å². The zero-order chi connectivity index (χ0) is 13.2. The molecule has 0 spiro atoms. The van der Waals surface area contributed by atoms with Gasteiger partial charge >= 0.3 is 0 Å². The van der Waals surface area contributed by atoms with Crippen molar-refractivity contribution in [2.45, 2.75) is 44.4 Å². The molecule has 1 N–H and O–H groups in total. The Hall–Kier alpha value is -0.230. The highest BCUT2D eigenvalue weighted by atomic mass is 32.2. The van der Waals surface area contributed by atoms with Gasteiger partial charge in [-0.15, -0.1) is 0 Å². The summed E-state index contributed by atoms with van der Waals surface area (Å²) in [6, 6.07) is 0. The fourth-order valence-corrected chi connectivity index (χ4v) is 5.46. The molecule has 6 heteroatoms. The zero-order valence-corrected chi connectivity index (χ0v) is 10.9. The second-order valence-corrected chi connectivity index (χ2v) is 7.92. The quantitative estimate of drug-likeness (QED) is 0.788. The molecule has 3 nitrogen and oxygen atoms in total. The molecule has 0 bridgehead atoms.